The van der Waals surface area contributed by atoms with Crippen molar-refractivity contribution in [2.75, 3.05) is 19.1 Å². The summed E-state index contributed by atoms with van der Waals surface area (Å²) in [5, 5.41) is 5.72. The van der Waals surface area contributed by atoms with Gasteiger partial charge >= 0.3 is 5.97 Å². The summed E-state index contributed by atoms with van der Waals surface area (Å²) in [6, 6.07) is -1.35. The van der Waals surface area contributed by atoms with E-state index in [1.807, 2.05) is 20.1 Å². The molecule has 1 aliphatic carbocycles. The van der Waals surface area contributed by atoms with Crippen molar-refractivity contribution >= 4 is 29.5 Å². The molecule has 1 fully saturated rings. The molecule has 162 valence electrons. The van der Waals surface area contributed by atoms with E-state index in [0.717, 1.165) is 31.4 Å². The Morgan fingerprint density at radius 2 is 1.64 bits per heavy atom. The van der Waals surface area contributed by atoms with Gasteiger partial charge in [-0.3, -0.25) is 9.59 Å². The van der Waals surface area contributed by atoms with Gasteiger partial charge in [0.2, 0.25) is 11.8 Å². The zero-order chi connectivity index (χ0) is 21.3. The Labute approximate surface area is 174 Å². The van der Waals surface area contributed by atoms with Crippen molar-refractivity contribution in [1.29, 1.82) is 0 Å². The Hall–Kier alpha value is -1.24. The second-order valence-corrected chi connectivity index (χ2v) is 9.44. The van der Waals surface area contributed by atoms with Crippen molar-refractivity contribution in [3.05, 3.63) is 0 Å². The number of esters is 1. The lowest BCUT2D eigenvalue weighted by atomic mass is 9.76. The van der Waals surface area contributed by atoms with Crippen LogP contribution >= 0.6 is 11.8 Å². The molecule has 0 unspecified atom stereocenters. The smallest absolute Gasteiger partial charge is 0.328 e. The van der Waals surface area contributed by atoms with Crippen LogP contribution in [-0.4, -0.2) is 49.0 Å². The Balaban J connectivity index is 2.72. The number of methoxy groups -OCH3 is 1. The monoisotopic (exact) mass is 414 g/mol. The highest BCUT2D eigenvalue weighted by Gasteiger charge is 2.32. The van der Waals surface area contributed by atoms with Crippen molar-refractivity contribution < 1.29 is 19.1 Å². The predicted octanol–water partition coefficient (Wildman–Crippen LogP) is 3.00. The van der Waals surface area contributed by atoms with E-state index in [2.05, 4.69) is 24.5 Å². The van der Waals surface area contributed by atoms with Crippen LogP contribution in [0.4, 0.5) is 0 Å². The third-order valence-corrected chi connectivity index (χ3v) is 6.39. The molecule has 2 atom stereocenters. The Morgan fingerprint density at radius 1 is 1.04 bits per heavy atom. The number of ether oxygens (including phenoxy) is 1. The van der Waals surface area contributed by atoms with E-state index < -0.39 is 18.1 Å². The fourth-order valence-corrected chi connectivity index (χ4v) is 4.19. The SMILES string of the molecule is COC(=O)[C@@H](NC(=O)[C@H](CCSC)NC(=O)C1CCC(C(C)C)CC1)C(C)C. The summed E-state index contributed by atoms with van der Waals surface area (Å²) in [6.45, 7) is 8.18. The second kappa shape index (κ2) is 12.3. The van der Waals surface area contributed by atoms with E-state index >= 15 is 0 Å². The van der Waals surface area contributed by atoms with Gasteiger partial charge in [-0.05, 0) is 61.9 Å². The first kappa shape index (κ1) is 24.8. The molecule has 2 amide bonds. The number of amides is 2. The minimum atomic E-state index is -0.715. The third-order valence-electron chi connectivity index (χ3n) is 5.75. The molecule has 2 N–H and O–H groups in total. The van der Waals surface area contributed by atoms with Gasteiger partial charge in [0.15, 0.2) is 0 Å². The fourth-order valence-electron chi connectivity index (χ4n) is 3.72. The number of nitrogens with one attached hydrogen (secondary N) is 2. The molecule has 0 bridgehead atoms. The van der Waals surface area contributed by atoms with Gasteiger partial charge in [0.05, 0.1) is 7.11 Å². The van der Waals surface area contributed by atoms with Crippen LogP contribution in [-0.2, 0) is 19.1 Å². The second-order valence-electron chi connectivity index (χ2n) is 8.45. The number of carbonyl (C=O) groups is 3. The first-order valence-electron chi connectivity index (χ1n) is 10.4. The summed E-state index contributed by atoms with van der Waals surface area (Å²) in [4.78, 5) is 37.5. The molecule has 0 heterocycles. The standard InChI is InChI=1S/C21H38N2O4S/c1-13(2)15-7-9-16(10-8-15)19(24)22-17(11-12-28-6)20(25)23-18(14(3)4)21(26)27-5/h13-18H,7-12H2,1-6H3,(H,22,24)(H,23,25)/t15?,16?,17-,18-/m0/s1. The highest BCUT2D eigenvalue weighted by atomic mass is 32.2. The molecule has 1 aliphatic rings. The molecule has 0 aromatic heterocycles. The Bertz CT molecular complexity index is 517. The van der Waals surface area contributed by atoms with E-state index in [4.69, 9.17) is 4.74 Å². The molecule has 7 heteroatoms. The number of rotatable bonds is 10. The molecule has 1 rings (SSSR count). The van der Waals surface area contributed by atoms with Crippen LogP contribution in [0.5, 0.6) is 0 Å². The lowest BCUT2D eigenvalue weighted by molar-refractivity contribution is -0.146. The molecular formula is C21H38N2O4S. The van der Waals surface area contributed by atoms with Crippen LogP contribution in [0.25, 0.3) is 0 Å². The molecule has 0 aromatic carbocycles. The number of thioether (sulfide) groups is 1. The average molecular weight is 415 g/mol. The molecular weight excluding hydrogens is 376 g/mol. The Morgan fingerprint density at radius 3 is 2.11 bits per heavy atom. The zero-order valence-electron chi connectivity index (χ0n) is 18.2. The molecule has 0 saturated heterocycles. The van der Waals surface area contributed by atoms with Crippen molar-refractivity contribution in [3.8, 4) is 0 Å². The predicted molar refractivity (Wildman–Crippen MR) is 114 cm³/mol. The van der Waals surface area contributed by atoms with Crippen LogP contribution in [0, 0.1) is 23.7 Å². The summed E-state index contributed by atoms with van der Waals surface area (Å²) in [5.41, 5.74) is 0. The lowest BCUT2D eigenvalue weighted by Crippen LogP contribution is -2.54. The highest BCUT2D eigenvalue weighted by Crippen LogP contribution is 2.33. The normalized spacial score (nSPS) is 21.9. The van der Waals surface area contributed by atoms with E-state index in [0.29, 0.717) is 18.3 Å². The van der Waals surface area contributed by atoms with E-state index in [1.165, 1.54) is 7.11 Å². The van der Waals surface area contributed by atoms with Crippen molar-refractivity contribution in [3.63, 3.8) is 0 Å². The summed E-state index contributed by atoms with van der Waals surface area (Å²) >= 11 is 1.63. The minimum absolute atomic E-state index is 0.0268. The van der Waals surface area contributed by atoms with Crippen molar-refractivity contribution in [2.45, 2.75) is 71.9 Å². The van der Waals surface area contributed by atoms with Gasteiger partial charge in [-0.25, -0.2) is 4.79 Å². The summed E-state index contributed by atoms with van der Waals surface area (Å²) in [6.07, 6.45) is 6.39. The molecule has 0 aliphatic heterocycles. The van der Waals surface area contributed by atoms with Crippen LogP contribution in [0.2, 0.25) is 0 Å². The number of hydrogen-bond acceptors (Lipinski definition) is 5. The molecule has 28 heavy (non-hydrogen) atoms. The molecule has 0 spiro atoms. The highest BCUT2D eigenvalue weighted by molar-refractivity contribution is 7.98. The molecule has 0 radical (unpaired) electrons. The van der Waals surface area contributed by atoms with Crippen LogP contribution in [0.15, 0.2) is 0 Å². The first-order chi connectivity index (χ1) is 13.2. The van der Waals surface area contributed by atoms with Gasteiger partial charge in [-0.15, -0.1) is 0 Å². The summed E-state index contributed by atoms with van der Waals surface area (Å²) in [7, 11) is 1.31. The van der Waals surface area contributed by atoms with E-state index in [9.17, 15) is 14.4 Å². The number of hydrogen-bond donors (Lipinski definition) is 2. The quantitative estimate of drug-likeness (QED) is 0.537. The van der Waals surface area contributed by atoms with Crippen LogP contribution in [0.3, 0.4) is 0 Å². The number of carbonyl (C=O) groups excluding carboxylic acids is 3. The largest absolute Gasteiger partial charge is 0.467 e. The van der Waals surface area contributed by atoms with Gasteiger partial charge in [-0.2, -0.15) is 11.8 Å². The summed E-state index contributed by atoms with van der Waals surface area (Å²) < 4.78 is 4.80. The van der Waals surface area contributed by atoms with Crippen molar-refractivity contribution in [2.24, 2.45) is 23.7 Å². The minimum Gasteiger partial charge on any atom is -0.467 e. The maximum absolute atomic E-state index is 12.8. The van der Waals surface area contributed by atoms with Crippen LogP contribution < -0.4 is 10.6 Å². The maximum Gasteiger partial charge on any atom is 0.328 e. The molecule has 1 saturated carbocycles. The van der Waals surface area contributed by atoms with Crippen LogP contribution in [0.1, 0.15) is 59.8 Å². The van der Waals surface area contributed by atoms with Gasteiger partial charge in [0, 0.05) is 5.92 Å². The van der Waals surface area contributed by atoms with Gasteiger partial charge < -0.3 is 15.4 Å². The lowest BCUT2D eigenvalue weighted by Gasteiger charge is -2.31. The first-order valence-corrected chi connectivity index (χ1v) is 11.8. The third kappa shape index (κ3) is 7.64. The average Bonchev–Trinajstić information content (AvgIpc) is 2.67. The van der Waals surface area contributed by atoms with Gasteiger partial charge in [-0.1, -0.05) is 27.7 Å². The van der Waals surface area contributed by atoms with Crippen molar-refractivity contribution in [1.82, 2.24) is 10.6 Å². The van der Waals surface area contributed by atoms with Gasteiger partial charge in [0.25, 0.3) is 0 Å². The van der Waals surface area contributed by atoms with Gasteiger partial charge in [0.1, 0.15) is 12.1 Å². The zero-order valence-corrected chi connectivity index (χ0v) is 19.1. The van der Waals surface area contributed by atoms with E-state index in [-0.39, 0.29) is 23.7 Å². The maximum atomic E-state index is 12.8. The summed E-state index contributed by atoms with van der Waals surface area (Å²) in [5.74, 6) is 1.14. The van der Waals surface area contributed by atoms with E-state index in [1.54, 1.807) is 11.8 Å². The fraction of sp³-hybridized carbons (Fsp3) is 0.857. The topological polar surface area (TPSA) is 84.5 Å². The Kier molecular flexibility index (Phi) is 10.9. The molecule has 6 nitrogen and oxygen atoms in total. The molecule has 0 aromatic rings.